The molecule has 0 bridgehead atoms. The van der Waals surface area contributed by atoms with Gasteiger partial charge in [-0.2, -0.15) is 4.98 Å². The van der Waals surface area contributed by atoms with Gasteiger partial charge in [0.15, 0.2) is 0 Å². The van der Waals surface area contributed by atoms with Gasteiger partial charge in [0.2, 0.25) is 17.6 Å². The van der Waals surface area contributed by atoms with Crippen LogP contribution < -0.4 is 4.74 Å². The molecule has 1 aliphatic rings. The first-order valence-electron chi connectivity index (χ1n) is 10.9. The summed E-state index contributed by atoms with van der Waals surface area (Å²) >= 11 is 0. The first-order chi connectivity index (χ1) is 15.0. The lowest BCUT2D eigenvalue weighted by Gasteiger charge is -2.33. The van der Waals surface area contributed by atoms with Gasteiger partial charge in [0.25, 0.3) is 0 Å². The molecule has 0 radical (unpaired) electrons. The summed E-state index contributed by atoms with van der Waals surface area (Å²) in [5.74, 6) is 2.49. The maximum atomic E-state index is 12.7. The van der Waals surface area contributed by atoms with Crippen LogP contribution in [0.25, 0.3) is 11.4 Å². The zero-order valence-electron chi connectivity index (χ0n) is 18.4. The Labute approximate surface area is 183 Å². The van der Waals surface area contributed by atoms with Crippen molar-refractivity contribution < 1.29 is 14.1 Å². The van der Waals surface area contributed by atoms with Gasteiger partial charge in [-0.1, -0.05) is 28.9 Å². The number of aryl methyl sites for hydroxylation is 3. The van der Waals surface area contributed by atoms with E-state index in [4.69, 9.17) is 9.26 Å². The second-order valence-electron chi connectivity index (χ2n) is 8.26. The number of carbonyl (C=O) groups excluding carboxylic acids is 1. The van der Waals surface area contributed by atoms with Gasteiger partial charge in [-0.25, -0.2) is 0 Å². The molecule has 0 atom stereocenters. The van der Waals surface area contributed by atoms with Gasteiger partial charge in [-0.15, -0.1) is 0 Å². The second kappa shape index (κ2) is 9.33. The Kier molecular flexibility index (Phi) is 6.35. The highest BCUT2D eigenvalue weighted by Gasteiger charge is 2.25. The molecule has 2 heterocycles. The van der Waals surface area contributed by atoms with Crippen LogP contribution in [0.3, 0.4) is 0 Å². The highest BCUT2D eigenvalue weighted by Crippen LogP contribution is 2.31. The van der Waals surface area contributed by atoms with Gasteiger partial charge in [0.05, 0.1) is 7.11 Å². The van der Waals surface area contributed by atoms with Crippen LogP contribution in [0, 0.1) is 13.8 Å². The predicted molar refractivity (Wildman–Crippen MR) is 119 cm³/mol. The summed E-state index contributed by atoms with van der Waals surface area (Å²) in [6, 6.07) is 14.2. The summed E-state index contributed by atoms with van der Waals surface area (Å²) in [5.41, 5.74) is 4.94. The van der Waals surface area contributed by atoms with E-state index in [9.17, 15) is 4.79 Å². The number of piperidine rings is 1. The van der Waals surface area contributed by atoms with E-state index >= 15 is 0 Å². The maximum absolute atomic E-state index is 12.7. The number of methoxy groups -OCH3 is 1. The minimum absolute atomic E-state index is 0.156. The van der Waals surface area contributed by atoms with Crippen molar-refractivity contribution >= 4 is 5.91 Å². The summed E-state index contributed by atoms with van der Waals surface area (Å²) in [6.45, 7) is 5.92. The van der Waals surface area contributed by atoms with Crippen LogP contribution in [0.4, 0.5) is 0 Å². The van der Waals surface area contributed by atoms with Gasteiger partial charge in [0, 0.05) is 31.5 Å². The van der Waals surface area contributed by atoms with Crippen LogP contribution in [0.2, 0.25) is 0 Å². The average molecular weight is 420 g/mol. The summed E-state index contributed by atoms with van der Waals surface area (Å²) in [6.07, 6.45) is 2.87. The fourth-order valence-corrected chi connectivity index (χ4v) is 4.23. The lowest BCUT2D eigenvalue weighted by molar-refractivity contribution is -0.132. The summed E-state index contributed by atoms with van der Waals surface area (Å²) in [5, 5.41) is 4.04. The van der Waals surface area contributed by atoms with Crippen LogP contribution >= 0.6 is 0 Å². The molecule has 0 spiro atoms. The second-order valence-corrected chi connectivity index (χ2v) is 8.26. The molecule has 31 heavy (non-hydrogen) atoms. The summed E-state index contributed by atoms with van der Waals surface area (Å²) in [7, 11) is 1.63. The van der Waals surface area contributed by atoms with Gasteiger partial charge >= 0.3 is 0 Å². The molecule has 6 nitrogen and oxygen atoms in total. The Balaban J connectivity index is 1.29. The van der Waals surface area contributed by atoms with E-state index in [0.717, 1.165) is 37.2 Å². The highest BCUT2D eigenvalue weighted by atomic mass is 16.5. The molecule has 2 aromatic carbocycles. The number of likely N-dealkylation sites (tertiary alicyclic amines) is 1. The molecular formula is C25H29N3O3. The van der Waals surface area contributed by atoms with Gasteiger partial charge in [-0.05, 0) is 68.0 Å². The smallest absolute Gasteiger partial charge is 0.227 e. The molecule has 162 valence electrons. The molecule has 1 fully saturated rings. The molecule has 3 aromatic rings. The molecule has 0 saturated carbocycles. The van der Waals surface area contributed by atoms with Crippen LogP contribution in [0.15, 0.2) is 47.0 Å². The topological polar surface area (TPSA) is 68.5 Å². The molecule has 0 unspecified atom stereocenters. The number of carbonyl (C=O) groups is 1. The predicted octanol–water partition coefficient (Wildman–Crippen LogP) is 4.70. The van der Waals surface area contributed by atoms with Crippen molar-refractivity contribution in [2.75, 3.05) is 20.2 Å². The summed E-state index contributed by atoms with van der Waals surface area (Å²) in [4.78, 5) is 19.1. The molecule has 1 saturated heterocycles. The zero-order chi connectivity index (χ0) is 21.8. The van der Waals surface area contributed by atoms with Crippen LogP contribution in [0.5, 0.6) is 5.75 Å². The highest BCUT2D eigenvalue weighted by molar-refractivity contribution is 5.76. The third-order valence-electron chi connectivity index (χ3n) is 6.09. The number of aromatic nitrogens is 2. The molecule has 1 aromatic heterocycles. The van der Waals surface area contributed by atoms with Crippen molar-refractivity contribution in [3.8, 4) is 17.1 Å². The molecule has 0 N–H and O–H groups in total. The van der Waals surface area contributed by atoms with E-state index in [2.05, 4.69) is 42.2 Å². The van der Waals surface area contributed by atoms with Crippen molar-refractivity contribution in [3.63, 3.8) is 0 Å². The van der Waals surface area contributed by atoms with Crippen LogP contribution in [-0.4, -0.2) is 41.1 Å². The zero-order valence-corrected chi connectivity index (χ0v) is 18.4. The fraction of sp³-hybridized carbons (Fsp3) is 0.400. The van der Waals surface area contributed by atoms with Gasteiger partial charge in [-0.3, -0.25) is 4.79 Å². The van der Waals surface area contributed by atoms with Crippen molar-refractivity contribution in [3.05, 3.63) is 65.0 Å². The Morgan fingerprint density at radius 1 is 1.13 bits per heavy atom. The number of nitrogens with zero attached hydrogens (tertiary/aromatic N) is 3. The number of rotatable bonds is 6. The van der Waals surface area contributed by atoms with Crippen molar-refractivity contribution in [2.24, 2.45) is 0 Å². The third kappa shape index (κ3) is 4.95. The van der Waals surface area contributed by atoms with E-state index in [1.54, 1.807) is 7.11 Å². The Morgan fingerprint density at radius 3 is 2.58 bits per heavy atom. The molecule has 1 amide bonds. The molecule has 6 heteroatoms. The van der Waals surface area contributed by atoms with E-state index in [1.165, 1.54) is 16.7 Å². The first-order valence-corrected chi connectivity index (χ1v) is 10.9. The molecular weight excluding hydrogens is 390 g/mol. The van der Waals surface area contributed by atoms with Crippen molar-refractivity contribution in [1.82, 2.24) is 15.0 Å². The number of hydrogen-bond donors (Lipinski definition) is 0. The largest absolute Gasteiger partial charge is 0.497 e. The average Bonchev–Trinajstić information content (AvgIpc) is 3.28. The first kappa shape index (κ1) is 21.1. The quantitative estimate of drug-likeness (QED) is 0.579. The Morgan fingerprint density at radius 2 is 1.87 bits per heavy atom. The standard InChI is InChI=1S/C25H29N3O3/c1-17-4-5-18(2)22(16-17)19-12-14-28(15-13-19)24(29)11-10-23-26-25(27-31-23)20-6-8-21(30-3)9-7-20/h4-9,16,19H,10-15H2,1-3H3. The van der Waals surface area contributed by atoms with Crippen molar-refractivity contribution in [1.29, 1.82) is 0 Å². The van der Waals surface area contributed by atoms with E-state index in [0.29, 0.717) is 30.5 Å². The minimum Gasteiger partial charge on any atom is -0.497 e. The number of benzene rings is 2. The molecule has 4 rings (SSSR count). The van der Waals surface area contributed by atoms with E-state index in [-0.39, 0.29) is 5.91 Å². The lowest BCUT2D eigenvalue weighted by Crippen LogP contribution is -2.38. The van der Waals surface area contributed by atoms with E-state index in [1.807, 2.05) is 29.2 Å². The lowest BCUT2D eigenvalue weighted by atomic mass is 9.86. The monoisotopic (exact) mass is 419 g/mol. The van der Waals surface area contributed by atoms with Crippen molar-refractivity contribution in [2.45, 2.75) is 45.4 Å². The Bertz CT molecular complexity index is 1030. The molecule has 0 aliphatic carbocycles. The number of hydrogen-bond acceptors (Lipinski definition) is 5. The van der Waals surface area contributed by atoms with Gasteiger partial charge < -0.3 is 14.2 Å². The fourth-order valence-electron chi connectivity index (χ4n) is 4.23. The number of ether oxygens (including phenoxy) is 1. The SMILES string of the molecule is COc1ccc(-c2noc(CCC(=O)N3CCC(c4cc(C)ccc4C)CC3)n2)cc1. The Hall–Kier alpha value is -3.15. The normalized spacial score (nSPS) is 14.6. The number of amides is 1. The molecule has 1 aliphatic heterocycles. The van der Waals surface area contributed by atoms with Gasteiger partial charge in [0.1, 0.15) is 5.75 Å². The van der Waals surface area contributed by atoms with Crippen LogP contribution in [0.1, 0.15) is 47.8 Å². The minimum atomic E-state index is 0.156. The van der Waals surface area contributed by atoms with E-state index < -0.39 is 0 Å². The summed E-state index contributed by atoms with van der Waals surface area (Å²) < 4.78 is 10.5. The maximum Gasteiger partial charge on any atom is 0.227 e. The van der Waals surface area contributed by atoms with Crippen LogP contribution in [-0.2, 0) is 11.2 Å². The third-order valence-corrected chi connectivity index (χ3v) is 6.09.